The van der Waals surface area contributed by atoms with Gasteiger partial charge >= 0.3 is 0 Å². The number of aryl methyl sites for hydroxylation is 1. The summed E-state index contributed by atoms with van der Waals surface area (Å²) in [4.78, 5) is 2.26. The number of rotatable bonds is 9. The first-order valence-electron chi connectivity index (χ1n) is 11.0. The summed E-state index contributed by atoms with van der Waals surface area (Å²) in [5.41, 5.74) is 5.70. The Morgan fingerprint density at radius 1 is 1.10 bits per heavy atom. The highest BCUT2D eigenvalue weighted by Gasteiger charge is 2.16. The Morgan fingerprint density at radius 3 is 2.68 bits per heavy atom. The molecule has 4 rings (SSSR count). The molecule has 1 unspecified atom stereocenters. The third kappa shape index (κ3) is 6.24. The zero-order chi connectivity index (χ0) is 21.5. The van der Waals surface area contributed by atoms with Gasteiger partial charge in [0.15, 0.2) is 0 Å². The summed E-state index contributed by atoms with van der Waals surface area (Å²) < 4.78 is 7.39. The minimum absolute atomic E-state index is 0.403. The molecule has 31 heavy (non-hydrogen) atoms. The summed E-state index contributed by atoms with van der Waals surface area (Å²) in [7, 11) is 0. The van der Waals surface area contributed by atoms with Gasteiger partial charge < -0.3 is 15.2 Å². The Kier molecular flexibility index (Phi) is 7.48. The second kappa shape index (κ2) is 10.7. The van der Waals surface area contributed by atoms with E-state index in [1.165, 1.54) is 11.1 Å². The SMILES string of the molecule is Cc1cccc(-c2nn(Cc3ccccc3)cc2CNCC(O)CN2CCOCC2)c1. The zero-order valence-electron chi connectivity index (χ0n) is 18.2. The van der Waals surface area contributed by atoms with E-state index in [0.717, 1.165) is 49.7 Å². The number of β-amino-alcohol motifs (C(OH)–C–C–N with tert-alkyl or cyclic N) is 1. The van der Waals surface area contributed by atoms with E-state index < -0.39 is 6.10 Å². The summed E-state index contributed by atoms with van der Waals surface area (Å²) in [6.07, 6.45) is 1.71. The number of hydrogen-bond donors (Lipinski definition) is 2. The van der Waals surface area contributed by atoms with Crippen LogP contribution in [0.25, 0.3) is 11.3 Å². The van der Waals surface area contributed by atoms with Gasteiger partial charge in [0.2, 0.25) is 0 Å². The van der Waals surface area contributed by atoms with Crippen molar-refractivity contribution in [3.8, 4) is 11.3 Å². The zero-order valence-corrected chi connectivity index (χ0v) is 18.2. The first-order chi connectivity index (χ1) is 15.2. The maximum Gasteiger partial charge on any atom is 0.0968 e. The molecule has 0 spiro atoms. The van der Waals surface area contributed by atoms with Crippen LogP contribution < -0.4 is 5.32 Å². The highest BCUT2D eigenvalue weighted by Crippen LogP contribution is 2.23. The van der Waals surface area contributed by atoms with Crippen LogP contribution in [-0.2, 0) is 17.8 Å². The van der Waals surface area contributed by atoms with Crippen LogP contribution in [-0.4, -0.2) is 65.3 Å². The fraction of sp³-hybridized carbons (Fsp3) is 0.400. The molecule has 1 aromatic heterocycles. The van der Waals surface area contributed by atoms with Crippen molar-refractivity contribution in [1.29, 1.82) is 0 Å². The molecule has 0 amide bonds. The maximum absolute atomic E-state index is 10.4. The van der Waals surface area contributed by atoms with E-state index in [1.807, 2.05) is 10.7 Å². The number of aliphatic hydroxyl groups is 1. The number of aliphatic hydroxyl groups excluding tert-OH is 1. The molecule has 0 radical (unpaired) electrons. The van der Waals surface area contributed by atoms with Crippen molar-refractivity contribution < 1.29 is 9.84 Å². The first kappa shape index (κ1) is 21.7. The summed E-state index contributed by atoms with van der Waals surface area (Å²) in [5, 5.41) is 18.8. The topological polar surface area (TPSA) is 62.5 Å². The Bertz CT molecular complexity index is 951. The van der Waals surface area contributed by atoms with Crippen molar-refractivity contribution >= 4 is 0 Å². The van der Waals surface area contributed by atoms with Crippen LogP contribution >= 0.6 is 0 Å². The largest absolute Gasteiger partial charge is 0.390 e. The fourth-order valence-corrected chi connectivity index (χ4v) is 4.00. The fourth-order valence-electron chi connectivity index (χ4n) is 4.00. The van der Waals surface area contributed by atoms with E-state index in [9.17, 15) is 5.11 Å². The van der Waals surface area contributed by atoms with Gasteiger partial charge in [-0.3, -0.25) is 9.58 Å². The van der Waals surface area contributed by atoms with E-state index in [4.69, 9.17) is 9.84 Å². The van der Waals surface area contributed by atoms with Gasteiger partial charge in [0.25, 0.3) is 0 Å². The Hall–Kier alpha value is -2.51. The van der Waals surface area contributed by atoms with Gasteiger partial charge in [-0.15, -0.1) is 0 Å². The summed E-state index contributed by atoms with van der Waals surface area (Å²) in [5.74, 6) is 0. The number of ether oxygens (including phenoxy) is 1. The van der Waals surface area contributed by atoms with E-state index in [0.29, 0.717) is 19.6 Å². The molecule has 1 saturated heterocycles. The molecule has 164 valence electrons. The first-order valence-corrected chi connectivity index (χ1v) is 11.0. The van der Waals surface area contributed by atoms with Crippen LogP contribution in [0.15, 0.2) is 60.8 Å². The Labute approximate surface area is 184 Å². The van der Waals surface area contributed by atoms with E-state index in [2.05, 4.69) is 71.9 Å². The number of hydrogen-bond acceptors (Lipinski definition) is 5. The van der Waals surface area contributed by atoms with Crippen LogP contribution in [0.3, 0.4) is 0 Å². The molecule has 1 aliphatic heterocycles. The lowest BCUT2D eigenvalue weighted by Gasteiger charge is -2.28. The van der Waals surface area contributed by atoms with E-state index in [-0.39, 0.29) is 0 Å². The molecular formula is C25H32N4O2. The second-order valence-corrected chi connectivity index (χ2v) is 8.25. The maximum atomic E-state index is 10.4. The molecule has 2 N–H and O–H groups in total. The number of nitrogens with zero attached hydrogens (tertiary/aromatic N) is 3. The minimum atomic E-state index is -0.403. The molecule has 0 saturated carbocycles. The van der Waals surface area contributed by atoms with Crippen molar-refractivity contribution in [1.82, 2.24) is 20.0 Å². The van der Waals surface area contributed by atoms with E-state index in [1.54, 1.807) is 0 Å². The third-order valence-electron chi connectivity index (χ3n) is 5.58. The van der Waals surface area contributed by atoms with Gasteiger partial charge in [0.1, 0.15) is 0 Å². The van der Waals surface area contributed by atoms with Gasteiger partial charge in [0.05, 0.1) is 31.6 Å². The Balaban J connectivity index is 1.43. The van der Waals surface area contributed by atoms with Gasteiger partial charge in [0, 0.05) is 50.0 Å². The van der Waals surface area contributed by atoms with Gasteiger partial charge in [-0.05, 0) is 18.6 Å². The molecule has 6 heteroatoms. The van der Waals surface area contributed by atoms with Gasteiger partial charge in [-0.1, -0.05) is 54.1 Å². The monoisotopic (exact) mass is 420 g/mol. The highest BCUT2D eigenvalue weighted by molar-refractivity contribution is 5.63. The van der Waals surface area contributed by atoms with Crippen molar-refractivity contribution in [3.63, 3.8) is 0 Å². The second-order valence-electron chi connectivity index (χ2n) is 8.25. The number of benzene rings is 2. The summed E-state index contributed by atoms with van der Waals surface area (Å²) >= 11 is 0. The average molecular weight is 421 g/mol. The highest BCUT2D eigenvalue weighted by atomic mass is 16.5. The number of morpholine rings is 1. The molecule has 3 aromatic rings. The number of aromatic nitrogens is 2. The molecule has 0 aliphatic carbocycles. The molecule has 2 heterocycles. The molecule has 1 aliphatic rings. The quantitative estimate of drug-likeness (QED) is 0.557. The minimum Gasteiger partial charge on any atom is -0.390 e. The lowest BCUT2D eigenvalue weighted by molar-refractivity contribution is 0.0149. The summed E-state index contributed by atoms with van der Waals surface area (Å²) in [6, 6.07) is 18.8. The standard InChI is InChI=1S/C25H32N4O2/c1-20-6-5-9-22(14-20)25-23(18-29(27-25)17-21-7-3-2-4-8-21)15-26-16-24(30)19-28-10-12-31-13-11-28/h2-9,14,18,24,26,30H,10-13,15-17,19H2,1H3. The smallest absolute Gasteiger partial charge is 0.0968 e. The normalized spacial score (nSPS) is 15.8. The molecule has 0 bridgehead atoms. The lowest BCUT2D eigenvalue weighted by Crippen LogP contribution is -2.43. The van der Waals surface area contributed by atoms with Crippen molar-refractivity contribution in [2.45, 2.75) is 26.1 Å². The van der Waals surface area contributed by atoms with Crippen molar-refractivity contribution in [2.24, 2.45) is 0 Å². The predicted molar refractivity (Wildman–Crippen MR) is 123 cm³/mol. The van der Waals surface area contributed by atoms with Crippen LogP contribution in [0, 0.1) is 6.92 Å². The van der Waals surface area contributed by atoms with Crippen LogP contribution in [0.1, 0.15) is 16.7 Å². The molecule has 2 aromatic carbocycles. The average Bonchev–Trinajstić information content (AvgIpc) is 3.17. The van der Waals surface area contributed by atoms with Crippen LogP contribution in [0.4, 0.5) is 0 Å². The van der Waals surface area contributed by atoms with Crippen LogP contribution in [0.5, 0.6) is 0 Å². The van der Waals surface area contributed by atoms with Gasteiger partial charge in [-0.25, -0.2) is 0 Å². The molecule has 1 atom stereocenters. The molecular weight excluding hydrogens is 388 g/mol. The predicted octanol–water partition coefficient (Wildman–Crippen LogP) is 2.69. The lowest BCUT2D eigenvalue weighted by atomic mass is 10.1. The van der Waals surface area contributed by atoms with Crippen molar-refractivity contribution in [3.05, 3.63) is 77.5 Å². The van der Waals surface area contributed by atoms with Gasteiger partial charge in [-0.2, -0.15) is 5.10 Å². The number of nitrogens with one attached hydrogen (secondary N) is 1. The Morgan fingerprint density at radius 2 is 1.90 bits per heavy atom. The summed E-state index contributed by atoms with van der Waals surface area (Å²) in [6.45, 7) is 8.01. The van der Waals surface area contributed by atoms with Crippen molar-refractivity contribution in [2.75, 3.05) is 39.4 Å². The van der Waals surface area contributed by atoms with E-state index >= 15 is 0 Å². The van der Waals surface area contributed by atoms with Crippen LogP contribution in [0.2, 0.25) is 0 Å². The molecule has 1 fully saturated rings. The third-order valence-corrected chi connectivity index (χ3v) is 5.58. The molecule has 6 nitrogen and oxygen atoms in total.